The van der Waals surface area contributed by atoms with Gasteiger partial charge in [-0.3, -0.25) is 9.59 Å². The molecule has 2 fully saturated rings. The molecular formula is C22H32N2O4. The molecule has 0 unspecified atom stereocenters. The predicted octanol–water partition coefficient (Wildman–Crippen LogP) is 2.91. The lowest BCUT2D eigenvalue weighted by atomic mass is 9.86. The molecule has 0 aromatic heterocycles. The summed E-state index contributed by atoms with van der Waals surface area (Å²) < 4.78 is 11.0. The van der Waals surface area contributed by atoms with Gasteiger partial charge in [0, 0.05) is 43.6 Å². The van der Waals surface area contributed by atoms with Gasteiger partial charge in [0.2, 0.25) is 11.8 Å². The molecule has 0 radical (unpaired) electrons. The minimum atomic E-state index is -0.248. The second-order valence-corrected chi connectivity index (χ2v) is 8.10. The van der Waals surface area contributed by atoms with E-state index in [1.165, 1.54) is 6.42 Å². The fourth-order valence-corrected chi connectivity index (χ4v) is 4.39. The first kappa shape index (κ1) is 20.5. The second kappa shape index (κ2) is 8.84. The van der Waals surface area contributed by atoms with Crippen molar-refractivity contribution in [3.05, 3.63) is 23.8 Å². The lowest BCUT2D eigenvalue weighted by Gasteiger charge is -2.31. The van der Waals surface area contributed by atoms with Crippen molar-refractivity contribution in [2.75, 3.05) is 40.4 Å². The maximum atomic E-state index is 13.4. The van der Waals surface area contributed by atoms with Crippen molar-refractivity contribution in [3.8, 4) is 11.5 Å². The fraction of sp³-hybridized carbons (Fsp3) is 0.636. The van der Waals surface area contributed by atoms with E-state index in [1.807, 2.05) is 41.8 Å². The third-order valence-corrected chi connectivity index (χ3v) is 5.95. The summed E-state index contributed by atoms with van der Waals surface area (Å²) in [6.45, 7) is 6.44. The van der Waals surface area contributed by atoms with Crippen molar-refractivity contribution in [2.45, 2.75) is 39.0 Å². The van der Waals surface area contributed by atoms with Crippen molar-refractivity contribution >= 4 is 11.8 Å². The average molecular weight is 389 g/mol. The zero-order valence-corrected chi connectivity index (χ0v) is 17.4. The van der Waals surface area contributed by atoms with Gasteiger partial charge in [0.05, 0.1) is 20.1 Å². The molecule has 2 atom stereocenters. The molecule has 28 heavy (non-hydrogen) atoms. The van der Waals surface area contributed by atoms with E-state index in [0.717, 1.165) is 43.0 Å². The number of carbonyl (C=O) groups is 2. The monoisotopic (exact) mass is 388 g/mol. The molecule has 6 heteroatoms. The van der Waals surface area contributed by atoms with Gasteiger partial charge >= 0.3 is 0 Å². The van der Waals surface area contributed by atoms with Gasteiger partial charge in [-0.05, 0) is 37.5 Å². The highest BCUT2D eigenvalue weighted by Crippen LogP contribution is 2.40. The summed E-state index contributed by atoms with van der Waals surface area (Å²) in [5, 5.41) is 0. The van der Waals surface area contributed by atoms with Crippen LogP contribution in [-0.4, -0.2) is 62.0 Å². The first-order valence-electron chi connectivity index (χ1n) is 10.3. The summed E-state index contributed by atoms with van der Waals surface area (Å²) in [5.41, 5.74) is 0.941. The van der Waals surface area contributed by atoms with E-state index in [0.29, 0.717) is 13.1 Å². The highest BCUT2D eigenvalue weighted by Gasteiger charge is 2.43. The number of nitrogens with zero attached hydrogens (tertiary/aromatic N) is 2. The standard InChI is InChI=1S/C22H32N2O4/c1-15(2)21(25)24-13-18(17-12-16(27-3)8-9-20(17)28-4)19(14-24)22(26)23-10-6-5-7-11-23/h8-9,12,15,18-19H,5-7,10-11,13-14H2,1-4H3/t18-,19+/m0/s1. The van der Waals surface area contributed by atoms with E-state index in [1.54, 1.807) is 14.2 Å². The predicted molar refractivity (Wildman–Crippen MR) is 108 cm³/mol. The SMILES string of the molecule is COc1ccc(OC)c([C@@H]2CN(C(=O)C(C)C)C[C@H]2C(=O)N2CCCCC2)c1. The van der Waals surface area contributed by atoms with Gasteiger partial charge < -0.3 is 19.3 Å². The average Bonchev–Trinajstić information content (AvgIpc) is 3.17. The number of rotatable bonds is 5. The summed E-state index contributed by atoms with van der Waals surface area (Å²) in [6, 6.07) is 5.68. The first-order chi connectivity index (χ1) is 13.5. The number of amides is 2. The zero-order valence-electron chi connectivity index (χ0n) is 17.4. The van der Waals surface area contributed by atoms with Crippen molar-refractivity contribution in [3.63, 3.8) is 0 Å². The molecule has 2 saturated heterocycles. The molecule has 0 saturated carbocycles. The second-order valence-electron chi connectivity index (χ2n) is 8.10. The van der Waals surface area contributed by atoms with Crippen molar-refractivity contribution < 1.29 is 19.1 Å². The van der Waals surface area contributed by atoms with Gasteiger partial charge in [-0.1, -0.05) is 13.8 Å². The highest BCUT2D eigenvalue weighted by molar-refractivity contribution is 5.84. The number of piperidine rings is 1. The van der Waals surface area contributed by atoms with Crippen LogP contribution in [0, 0.1) is 11.8 Å². The zero-order chi connectivity index (χ0) is 20.3. The van der Waals surface area contributed by atoms with E-state index in [-0.39, 0.29) is 29.6 Å². The Morgan fingerprint density at radius 1 is 1.00 bits per heavy atom. The molecule has 2 aliphatic heterocycles. The van der Waals surface area contributed by atoms with Crippen LogP contribution in [0.4, 0.5) is 0 Å². The number of hydrogen-bond acceptors (Lipinski definition) is 4. The van der Waals surface area contributed by atoms with E-state index in [2.05, 4.69) is 0 Å². The molecule has 154 valence electrons. The van der Waals surface area contributed by atoms with Crippen LogP contribution in [-0.2, 0) is 9.59 Å². The molecule has 1 aromatic carbocycles. The van der Waals surface area contributed by atoms with Gasteiger partial charge in [0.25, 0.3) is 0 Å². The van der Waals surface area contributed by atoms with E-state index >= 15 is 0 Å². The summed E-state index contributed by atoms with van der Waals surface area (Å²) >= 11 is 0. The van der Waals surface area contributed by atoms with Gasteiger partial charge in [-0.15, -0.1) is 0 Å². The Kier molecular flexibility index (Phi) is 6.47. The van der Waals surface area contributed by atoms with Crippen LogP contribution in [0.15, 0.2) is 18.2 Å². The molecule has 0 N–H and O–H groups in total. The Labute approximate surface area is 167 Å². The summed E-state index contributed by atoms with van der Waals surface area (Å²) in [6.07, 6.45) is 3.29. The Hall–Kier alpha value is -2.24. The molecule has 3 rings (SSSR count). The van der Waals surface area contributed by atoms with Crippen LogP contribution in [0.3, 0.4) is 0 Å². The number of ether oxygens (including phenoxy) is 2. The lowest BCUT2D eigenvalue weighted by molar-refractivity contribution is -0.137. The molecule has 0 aliphatic carbocycles. The Morgan fingerprint density at radius 2 is 1.71 bits per heavy atom. The Bertz CT molecular complexity index is 712. The van der Waals surface area contributed by atoms with Gasteiger partial charge in [0.1, 0.15) is 11.5 Å². The summed E-state index contributed by atoms with van der Waals surface area (Å²) in [5.74, 6) is 1.30. The van der Waals surface area contributed by atoms with Crippen LogP contribution in [0.1, 0.15) is 44.6 Å². The third-order valence-electron chi connectivity index (χ3n) is 5.95. The molecule has 1 aromatic rings. The molecule has 2 heterocycles. The van der Waals surface area contributed by atoms with Gasteiger partial charge in [0.15, 0.2) is 0 Å². The van der Waals surface area contributed by atoms with Gasteiger partial charge in [-0.2, -0.15) is 0 Å². The summed E-state index contributed by atoms with van der Waals surface area (Å²) in [7, 11) is 3.27. The number of likely N-dealkylation sites (tertiary alicyclic amines) is 2. The fourth-order valence-electron chi connectivity index (χ4n) is 4.39. The van der Waals surface area contributed by atoms with Crippen molar-refractivity contribution in [1.29, 1.82) is 0 Å². The minimum Gasteiger partial charge on any atom is -0.497 e. The largest absolute Gasteiger partial charge is 0.497 e. The molecule has 0 spiro atoms. The number of carbonyl (C=O) groups excluding carboxylic acids is 2. The molecule has 2 amide bonds. The smallest absolute Gasteiger partial charge is 0.228 e. The number of benzene rings is 1. The number of methoxy groups -OCH3 is 2. The van der Waals surface area contributed by atoms with Crippen molar-refractivity contribution in [2.24, 2.45) is 11.8 Å². The minimum absolute atomic E-state index is 0.0864. The Morgan fingerprint density at radius 3 is 2.32 bits per heavy atom. The normalized spacial score (nSPS) is 22.5. The topological polar surface area (TPSA) is 59.1 Å². The van der Waals surface area contributed by atoms with E-state index < -0.39 is 0 Å². The van der Waals surface area contributed by atoms with Crippen molar-refractivity contribution in [1.82, 2.24) is 9.80 Å². The highest BCUT2D eigenvalue weighted by atomic mass is 16.5. The van der Waals surface area contributed by atoms with Crippen LogP contribution in [0.2, 0.25) is 0 Å². The molecule has 6 nitrogen and oxygen atoms in total. The molecular weight excluding hydrogens is 356 g/mol. The van der Waals surface area contributed by atoms with E-state index in [9.17, 15) is 9.59 Å². The maximum Gasteiger partial charge on any atom is 0.228 e. The summed E-state index contributed by atoms with van der Waals surface area (Å²) in [4.78, 5) is 29.9. The molecule has 0 bridgehead atoms. The lowest BCUT2D eigenvalue weighted by Crippen LogP contribution is -2.42. The Balaban J connectivity index is 1.95. The quantitative estimate of drug-likeness (QED) is 0.778. The van der Waals surface area contributed by atoms with E-state index in [4.69, 9.17) is 9.47 Å². The van der Waals surface area contributed by atoms with Crippen LogP contribution in [0.25, 0.3) is 0 Å². The maximum absolute atomic E-state index is 13.4. The van der Waals surface area contributed by atoms with Crippen LogP contribution in [0.5, 0.6) is 11.5 Å². The van der Waals surface area contributed by atoms with Crippen LogP contribution < -0.4 is 9.47 Å². The number of hydrogen-bond donors (Lipinski definition) is 0. The molecule has 2 aliphatic rings. The third kappa shape index (κ3) is 4.10. The van der Waals surface area contributed by atoms with Gasteiger partial charge in [-0.25, -0.2) is 0 Å². The van der Waals surface area contributed by atoms with Crippen LogP contribution >= 0.6 is 0 Å². The first-order valence-corrected chi connectivity index (χ1v) is 10.3.